The lowest BCUT2D eigenvalue weighted by Crippen LogP contribution is -2.27. The van der Waals surface area contributed by atoms with E-state index < -0.39 is 10.0 Å². The average molecular weight is 457 g/mol. The van der Waals surface area contributed by atoms with Gasteiger partial charge in [0.25, 0.3) is 5.91 Å². The highest BCUT2D eigenvalue weighted by molar-refractivity contribution is 7.89. The first kappa shape index (κ1) is 21.0. The SMILES string of the molecule is CC(NC(=O)c1ccc(S(=O)(=O)NCc2cccs2)cc1)c1ccc2[nH]c(=O)[nH]c2c1. The van der Waals surface area contributed by atoms with Gasteiger partial charge in [-0.25, -0.2) is 17.9 Å². The van der Waals surface area contributed by atoms with Crippen LogP contribution < -0.4 is 15.7 Å². The van der Waals surface area contributed by atoms with E-state index in [1.54, 1.807) is 12.1 Å². The number of imidazole rings is 1. The number of amides is 1. The van der Waals surface area contributed by atoms with Crippen molar-refractivity contribution in [1.82, 2.24) is 20.0 Å². The molecule has 4 aromatic rings. The number of benzene rings is 2. The maximum absolute atomic E-state index is 12.6. The zero-order valence-corrected chi connectivity index (χ0v) is 18.1. The van der Waals surface area contributed by atoms with Crippen LogP contribution in [-0.4, -0.2) is 24.3 Å². The molecule has 4 rings (SSSR count). The van der Waals surface area contributed by atoms with Crippen LogP contribution in [0, 0.1) is 0 Å². The number of hydrogen-bond acceptors (Lipinski definition) is 5. The molecule has 31 heavy (non-hydrogen) atoms. The molecule has 0 saturated heterocycles. The molecule has 2 aromatic heterocycles. The molecule has 0 bridgehead atoms. The lowest BCUT2D eigenvalue weighted by atomic mass is 10.1. The summed E-state index contributed by atoms with van der Waals surface area (Å²) < 4.78 is 27.4. The molecule has 0 saturated carbocycles. The molecule has 1 unspecified atom stereocenters. The molecule has 0 radical (unpaired) electrons. The molecule has 2 heterocycles. The molecule has 160 valence electrons. The Balaban J connectivity index is 1.42. The number of aromatic amines is 2. The Bertz CT molecular complexity index is 1370. The van der Waals surface area contributed by atoms with Gasteiger partial charge in [-0.1, -0.05) is 12.1 Å². The van der Waals surface area contributed by atoms with E-state index >= 15 is 0 Å². The lowest BCUT2D eigenvalue weighted by Gasteiger charge is -2.15. The highest BCUT2D eigenvalue weighted by atomic mass is 32.2. The van der Waals surface area contributed by atoms with Gasteiger partial charge < -0.3 is 15.3 Å². The topological polar surface area (TPSA) is 124 Å². The Morgan fingerprint density at radius 2 is 1.81 bits per heavy atom. The van der Waals surface area contributed by atoms with Crippen molar-refractivity contribution in [2.24, 2.45) is 0 Å². The van der Waals surface area contributed by atoms with E-state index in [1.165, 1.54) is 35.6 Å². The number of carbonyl (C=O) groups is 1. The molecule has 8 nitrogen and oxygen atoms in total. The minimum Gasteiger partial charge on any atom is -0.346 e. The van der Waals surface area contributed by atoms with Crippen LogP contribution in [0.15, 0.2) is 69.7 Å². The highest BCUT2D eigenvalue weighted by Crippen LogP contribution is 2.18. The summed E-state index contributed by atoms with van der Waals surface area (Å²) in [5, 5.41) is 4.76. The summed E-state index contributed by atoms with van der Waals surface area (Å²) in [4.78, 5) is 30.4. The Morgan fingerprint density at radius 1 is 1.06 bits per heavy atom. The molecular formula is C21H20N4O4S2. The molecule has 0 fully saturated rings. The van der Waals surface area contributed by atoms with Gasteiger partial charge in [0.1, 0.15) is 0 Å². The third-order valence-corrected chi connectivity index (χ3v) is 7.12. The first-order chi connectivity index (χ1) is 14.8. The van der Waals surface area contributed by atoms with Crippen molar-refractivity contribution in [1.29, 1.82) is 0 Å². The van der Waals surface area contributed by atoms with Crippen LogP contribution in [0.5, 0.6) is 0 Å². The van der Waals surface area contributed by atoms with Gasteiger partial charge in [-0.15, -0.1) is 11.3 Å². The third-order valence-electron chi connectivity index (χ3n) is 4.83. The van der Waals surface area contributed by atoms with Crippen LogP contribution in [0.25, 0.3) is 11.0 Å². The average Bonchev–Trinajstić information content (AvgIpc) is 3.40. The van der Waals surface area contributed by atoms with Crippen LogP contribution in [0.3, 0.4) is 0 Å². The van der Waals surface area contributed by atoms with E-state index in [-0.39, 0.29) is 29.1 Å². The van der Waals surface area contributed by atoms with E-state index in [0.29, 0.717) is 16.6 Å². The van der Waals surface area contributed by atoms with Crippen molar-refractivity contribution in [2.45, 2.75) is 24.4 Å². The van der Waals surface area contributed by atoms with Crippen LogP contribution in [0.2, 0.25) is 0 Å². The van der Waals surface area contributed by atoms with Crippen molar-refractivity contribution in [3.05, 3.63) is 86.5 Å². The first-order valence-corrected chi connectivity index (χ1v) is 11.8. The van der Waals surface area contributed by atoms with E-state index in [1.807, 2.05) is 30.5 Å². The minimum absolute atomic E-state index is 0.0931. The Labute approximate surface area is 182 Å². The zero-order chi connectivity index (χ0) is 22.0. The number of thiophene rings is 1. The second kappa shape index (κ2) is 8.50. The molecule has 0 aliphatic rings. The van der Waals surface area contributed by atoms with Gasteiger partial charge in [0, 0.05) is 17.0 Å². The summed E-state index contributed by atoms with van der Waals surface area (Å²) in [5.74, 6) is -0.328. The second-order valence-electron chi connectivity index (χ2n) is 7.01. The monoisotopic (exact) mass is 456 g/mol. The van der Waals surface area contributed by atoms with E-state index in [4.69, 9.17) is 0 Å². The van der Waals surface area contributed by atoms with Crippen molar-refractivity contribution in [2.75, 3.05) is 0 Å². The minimum atomic E-state index is -3.67. The van der Waals surface area contributed by atoms with E-state index in [0.717, 1.165) is 10.4 Å². The Kier molecular flexibility index (Phi) is 5.77. The fourth-order valence-corrected chi connectivity index (χ4v) is 4.87. The van der Waals surface area contributed by atoms with E-state index in [2.05, 4.69) is 20.0 Å². The predicted octanol–water partition coefficient (Wildman–Crippen LogP) is 2.89. The number of fused-ring (bicyclic) bond motifs is 1. The van der Waals surface area contributed by atoms with Gasteiger partial charge >= 0.3 is 5.69 Å². The summed E-state index contributed by atoms with van der Waals surface area (Å²) in [7, 11) is -3.67. The van der Waals surface area contributed by atoms with Gasteiger partial charge in [-0.2, -0.15) is 0 Å². The second-order valence-corrected chi connectivity index (χ2v) is 9.81. The van der Waals surface area contributed by atoms with Crippen LogP contribution in [-0.2, 0) is 16.6 Å². The molecule has 4 N–H and O–H groups in total. The maximum atomic E-state index is 12.6. The fraction of sp³-hybridized carbons (Fsp3) is 0.143. The molecular weight excluding hydrogens is 436 g/mol. The number of nitrogens with one attached hydrogen (secondary N) is 4. The smallest absolute Gasteiger partial charge is 0.323 e. The molecule has 0 aliphatic carbocycles. The summed E-state index contributed by atoms with van der Waals surface area (Å²) in [6, 6.07) is 14.6. The number of aromatic nitrogens is 2. The molecule has 2 aromatic carbocycles. The molecule has 0 aliphatic heterocycles. The quantitative estimate of drug-likeness (QED) is 0.341. The number of rotatable bonds is 7. The van der Waals surface area contributed by atoms with Crippen molar-refractivity contribution < 1.29 is 13.2 Å². The van der Waals surface area contributed by atoms with E-state index in [9.17, 15) is 18.0 Å². The largest absolute Gasteiger partial charge is 0.346 e. The van der Waals surface area contributed by atoms with Crippen molar-refractivity contribution in [3.63, 3.8) is 0 Å². The van der Waals surface area contributed by atoms with Crippen molar-refractivity contribution in [3.8, 4) is 0 Å². The molecule has 1 atom stereocenters. The standard InChI is InChI=1S/C21H20N4O4S2/c1-13(15-6-9-18-19(11-15)25-21(27)24-18)23-20(26)14-4-7-17(8-5-14)31(28,29)22-12-16-3-2-10-30-16/h2-11,13,22H,12H2,1H3,(H,23,26)(H2,24,25,27). The van der Waals surface area contributed by atoms with Crippen molar-refractivity contribution >= 4 is 38.3 Å². The fourth-order valence-electron chi connectivity index (χ4n) is 3.13. The Morgan fingerprint density at radius 3 is 2.52 bits per heavy atom. The number of carbonyl (C=O) groups excluding carboxylic acids is 1. The third kappa shape index (κ3) is 4.76. The summed E-state index contributed by atoms with van der Waals surface area (Å²) >= 11 is 1.47. The lowest BCUT2D eigenvalue weighted by molar-refractivity contribution is 0.0940. The molecule has 1 amide bonds. The predicted molar refractivity (Wildman–Crippen MR) is 120 cm³/mol. The first-order valence-electron chi connectivity index (χ1n) is 9.47. The van der Waals surface area contributed by atoms with Crippen LogP contribution in [0.1, 0.15) is 33.8 Å². The van der Waals surface area contributed by atoms with Crippen LogP contribution in [0.4, 0.5) is 0 Å². The van der Waals surface area contributed by atoms with Gasteiger partial charge in [0.15, 0.2) is 0 Å². The highest BCUT2D eigenvalue weighted by Gasteiger charge is 2.16. The number of sulfonamides is 1. The Hall–Kier alpha value is -3.21. The van der Waals surface area contributed by atoms with Gasteiger partial charge in [-0.3, -0.25) is 4.79 Å². The maximum Gasteiger partial charge on any atom is 0.323 e. The summed E-state index contributed by atoms with van der Waals surface area (Å²) in [6.45, 7) is 2.05. The summed E-state index contributed by atoms with van der Waals surface area (Å²) in [5.41, 5.74) is 2.24. The number of hydrogen-bond donors (Lipinski definition) is 4. The zero-order valence-electron chi connectivity index (χ0n) is 16.5. The molecule has 10 heteroatoms. The summed E-state index contributed by atoms with van der Waals surface area (Å²) in [6.07, 6.45) is 0. The van der Waals surface area contributed by atoms with Crippen LogP contribution >= 0.6 is 11.3 Å². The molecule has 0 spiro atoms. The number of H-pyrrole nitrogens is 2. The van der Waals surface area contributed by atoms with Gasteiger partial charge in [0.05, 0.1) is 22.0 Å². The van der Waals surface area contributed by atoms with Gasteiger partial charge in [-0.05, 0) is 60.3 Å². The van der Waals surface area contributed by atoms with Gasteiger partial charge in [0.2, 0.25) is 10.0 Å². The normalized spacial score (nSPS) is 12.7.